The third kappa shape index (κ3) is 3.14. The van der Waals surface area contributed by atoms with Crippen molar-refractivity contribution in [3.63, 3.8) is 0 Å². The highest BCUT2D eigenvalue weighted by Gasteiger charge is 2.18. The molecule has 108 valence electrons. The van der Waals surface area contributed by atoms with Gasteiger partial charge in [-0.05, 0) is 5.56 Å². The highest BCUT2D eigenvalue weighted by atomic mass is 32.1. The molecule has 0 radical (unpaired) electrons. The zero-order valence-corrected chi connectivity index (χ0v) is 12.5. The largest absolute Gasteiger partial charge is 0.382 e. The second kappa shape index (κ2) is 7.07. The number of nitriles is 2. The molecule has 0 aliphatic heterocycles. The van der Waals surface area contributed by atoms with Gasteiger partial charge >= 0.3 is 0 Å². The van der Waals surface area contributed by atoms with Crippen LogP contribution in [0.1, 0.15) is 10.4 Å². The van der Waals surface area contributed by atoms with Crippen molar-refractivity contribution in [3.8, 4) is 12.1 Å². The van der Waals surface area contributed by atoms with E-state index in [2.05, 4.69) is 16.9 Å². The van der Waals surface area contributed by atoms with Crippen LogP contribution in [0.15, 0.2) is 48.6 Å². The fraction of sp³-hybridized carbons (Fsp3) is 0.0625. The highest BCUT2D eigenvalue weighted by molar-refractivity contribution is 7.17. The van der Waals surface area contributed by atoms with E-state index in [1.54, 1.807) is 6.08 Å². The van der Waals surface area contributed by atoms with Gasteiger partial charge in [0.25, 0.3) is 0 Å². The third-order valence-electron chi connectivity index (χ3n) is 2.81. The van der Waals surface area contributed by atoms with Crippen LogP contribution in [0.2, 0.25) is 0 Å². The molecule has 0 unspecified atom stereocenters. The number of thiazole rings is 1. The van der Waals surface area contributed by atoms with Crippen molar-refractivity contribution in [2.24, 2.45) is 0 Å². The van der Waals surface area contributed by atoms with Gasteiger partial charge in [0.2, 0.25) is 0 Å². The summed E-state index contributed by atoms with van der Waals surface area (Å²) in [6, 6.07) is 13.1. The quantitative estimate of drug-likeness (QED) is 0.653. The average molecular weight is 307 g/mol. The van der Waals surface area contributed by atoms with Crippen molar-refractivity contribution in [1.82, 2.24) is 4.98 Å². The van der Waals surface area contributed by atoms with Crippen LogP contribution >= 0.6 is 11.3 Å². The molecule has 1 heterocycles. The van der Waals surface area contributed by atoms with Crippen LogP contribution < -0.4 is 11.1 Å². The molecule has 0 fully saturated rings. The molecule has 6 heteroatoms. The summed E-state index contributed by atoms with van der Waals surface area (Å²) in [5.41, 5.74) is 7.25. The number of nitrogens with one attached hydrogen (secondary N) is 1. The van der Waals surface area contributed by atoms with E-state index in [0.29, 0.717) is 27.9 Å². The molecule has 0 atom stereocenters. The minimum Gasteiger partial charge on any atom is -0.382 e. The Labute approximate surface area is 132 Å². The minimum absolute atomic E-state index is 0.0109. The Morgan fingerprint density at radius 1 is 1.32 bits per heavy atom. The van der Waals surface area contributed by atoms with E-state index in [1.165, 1.54) is 11.3 Å². The van der Waals surface area contributed by atoms with Gasteiger partial charge < -0.3 is 11.1 Å². The Kier molecular flexibility index (Phi) is 4.92. The fourth-order valence-corrected chi connectivity index (χ4v) is 2.84. The molecule has 2 aromatic rings. The Morgan fingerprint density at radius 2 is 2.00 bits per heavy atom. The maximum Gasteiger partial charge on any atom is 0.185 e. The van der Waals surface area contributed by atoms with Gasteiger partial charge in [-0.3, -0.25) is 0 Å². The van der Waals surface area contributed by atoms with E-state index in [-0.39, 0.29) is 5.57 Å². The van der Waals surface area contributed by atoms with Gasteiger partial charge in [-0.2, -0.15) is 10.5 Å². The number of nitrogen functional groups attached to an aromatic ring is 1. The zero-order valence-electron chi connectivity index (χ0n) is 11.7. The van der Waals surface area contributed by atoms with Crippen LogP contribution in [0.4, 0.5) is 10.9 Å². The lowest BCUT2D eigenvalue weighted by molar-refractivity contribution is 1.29. The van der Waals surface area contributed by atoms with E-state index in [1.807, 2.05) is 42.5 Å². The summed E-state index contributed by atoms with van der Waals surface area (Å²) in [5, 5.41) is 22.2. The van der Waals surface area contributed by atoms with E-state index in [4.69, 9.17) is 5.73 Å². The molecule has 0 saturated heterocycles. The van der Waals surface area contributed by atoms with Crippen molar-refractivity contribution < 1.29 is 0 Å². The number of rotatable bonds is 5. The fourth-order valence-electron chi connectivity index (χ4n) is 1.88. The molecule has 2 rings (SSSR count). The van der Waals surface area contributed by atoms with Crippen molar-refractivity contribution in [2.75, 3.05) is 17.6 Å². The zero-order chi connectivity index (χ0) is 15.9. The molecule has 0 saturated carbocycles. The number of nitrogens with two attached hydrogens (primary N) is 1. The predicted octanol–water partition coefficient (Wildman–Crippen LogP) is 3.17. The lowest BCUT2D eigenvalue weighted by Gasteiger charge is -2.06. The van der Waals surface area contributed by atoms with E-state index in [9.17, 15) is 10.5 Å². The van der Waals surface area contributed by atoms with E-state index in [0.717, 1.165) is 5.56 Å². The van der Waals surface area contributed by atoms with Crippen LogP contribution in [0.3, 0.4) is 0 Å². The number of anilines is 2. The summed E-state index contributed by atoms with van der Waals surface area (Å²) in [6.45, 7) is 4.19. The number of benzene rings is 1. The van der Waals surface area contributed by atoms with Crippen molar-refractivity contribution >= 4 is 27.9 Å². The molecular formula is C16H13N5S. The van der Waals surface area contributed by atoms with Gasteiger partial charge in [-0.15, -0.1) is 6.58 Å². The summed E-state index contributed by atoms with van der Waals surface area (Å²) in [5.74, 6) is 0.290. The second-order valence-corrected chi connectivity index (χ2v) is 5.24. The van der Waals surface area contributed by atoms with Crippen LogP contribution in [-0.4, -0.2) is 11.5 Å². The summed E-state index contributed by atoms with van der Waals surface area (Å²) >= 11 is 1.31. The summed E-state index contributed by atoms with van der Waals surface area (Å²) < 4.78 is 0. The first-order valence-corrected chi connectivity index (χ1v) is 7.24. The Hall–Kier alpha value is -3.09. The van der Waals surface area contributed by atoms with Crippen LogP contribution in [0.5, 0.6) is 0 Å². The summed E-state index contributed by atoms with van der Waals surface area (Å²) in [4.78, 5) is 4.84. The van der Waals surface area contributed by atoms with Crippen molar-refractivity contribution in [3.05, 3.63) is 59.0 Å². The smallest absolute Gasteiger partial charge is 0.185 e. The molecule has 0 amide bonds. The van der Waals surface area contributed by atoms with Crippen LogP contribution in [0, 0.1) is 22.7 Å². The van der Waals surface area contributed by atoms with Crippen LogP contribution in [-0.2, 0) is 0 Å². The standard InChI is InChI=1S/C16H13N5S/c1-2-8-20-16-21-15(19)14(22-16)13(12(9-17)10-18)11-6-4-3-5-7-11/h2-7H,1,8,19H2,(H,20,21). The average Bonchev–Trinajstić information content (AvgIpc) is 2.91. The minimum atomic E-state index is 0.0109. The lowest BCUT2D eigenvalue weighted by Crippen LogP contribution is -1.97. The normalized spacial score (nSPS) is 9.36. The first-order valence-electron chi connectivity index (χ1n) is 6.42. The van der Waals surface area contributed by atoms with Crippen molar-refractivity contribution in [1.29, 1.82) is 10.5 Å². The SMILES string of the molecule is C=CCNc1nc(N)c(C(=C(C#N)C#N)c2ccccc2)s1. The van der Waals surface area contributed by atoms with Gasteiger partial charge in [-0.1, -0.05) is 47.7 Å². The van der Waals surface area contributed by atoms with Gasteiger partial charge in [0, 0.05) is 12.1 Å². The van der Waals surface area contributed by atoms with Gasteiger partial charge in [0.15, 0.2) is 5.13 Å². The maximum absolute atomic E-state index is 9.24. The number of nitrogens with zero attached hydrogens (tertiary/aromatic N) is 3. The Morgan fingerprint density at radius 3 is 2.59 bits per heavy atom. The summed E-state index contributed by atoms with van der Waals surface area (Å²) in [7, 11) is 0. The molecule has 3 N–H and O–H groups in total. The first-order chi connectivity index (χ1) is 10.7. The topological polar surface area (TPSA) is 98.5 Å². The Balaban J connectivity index is 2.60. The number of hydrogen-bond donors (Lipinski definition) is 2. The molecule has 0 bridgehead atoms. The first kappa shape index (κ1) is 15.3. The lowest BCUT2D eigenvalue weighted by atomic mass is 9.99. The van der Waals surface area contributed by atoms with Crippen LogP contribution in [0.25, 0.3) is 5.57 Å². The van der Waals surface area contributed by atoms with E-state index >= 15 is 0 Å². The van der Waals surface area contributed by atoms with Gasteiger partial charge in [-0.25, -0.2) is 4.98 Å². The maximum atomic E-state index is 9.24. The number of allylic oxidation sites excluding steroid dienone is 1. The highest BCUT2D eigenvalue weighted by Crippen LogP contribution is 2.36. The molecule has 0 spiro atoms. The molecular weight excluding hydrogens is 294 g/mol. The molecule has 1 aromatic heterocycles. The third-order valence-corrected chi connectivity index (χ3v) is 3.86. The molecule has 0 aliphatic rings. The molecule has 0 aliphatic carbocycles. The monoisotopic (exact) mass is 307 g/mol. The Bertz CT molecular complexity index is 774. The number of aromatic nitrogens is 1. The number of hydrogen-bond acceptors (Lipinski definition) is 6. The molecule has 22 heavy (non-hydrogen) atoms. The second-order valence-electron chi connectivity index (χ2n) is 4.24. The predicted molar refractivity (Wildman–Crippen MR) is 88.9 cm³/mol. The van der Waals surface area contributed by atoms with Gasteiger partial charge in [0.05, 0.1) is 4.88 Å². The van der Waals surface area contributed by atoms with Gasteiger partial charge in [0.1, 0.15) is 23.5 Å². The van der Waals surface area contributed by atoms with Crippen molar-refractivity contribution in [2.45, 2.75) is 0 Å². The van der Waals surface area contributed by atoms with E-state index < -0.39 is 0 Å². The molecule has 1 aromatic carbocycles. The summed E-state index contributed by atoms with van der Waals surface area (Å²) in [6.07, 6.45) is 1.71. The molecule has 5 nitrogen and oxygen atoms in total.